The third kappa shape index (κ3) is 3.67. The molecule has 0 N–H and O–H groups in total. The topological polar surface area (TPSA) is 42.4 Å². The molecule has 0 aliphatic rings. The van der Waals surface area contributed by atoms with Crippen LogP contribution in [0.25, 0.3) is 66.0 Å². The minimum Gasteiger partial charge on any atom is -0.456 e. The highest BCUT2D eigenvalue weighted by Crippen LogP contribution is 2.44. The van der Waals surface area contributed by atoms with Gasteiger partial charge in [-0.15, -0.1) is 0 Å². The Morgan fingerprint density at radius 2 is 1.07 bits per heavy atom. The number of para-hydroxylation sites is 3. The smallest absolute Gasteiger partial charge is 0.229 e. The molecule has 0 amide bonds. The summed E-state index contributed by atoms with van der Waals surface area (Å²) in [6.45, 7) is 0. The van der Waals surface area contributed by atoms with E-state index in [9.17, 15) is 0 Å². The zero-order chi connectivity index (χ0) is 28.3. The van der Waals surface area contributed by atoms with Crippen LogP contribution in [-0.2, 0) is 0 Å². The van der Waals surface area contributed by atoms with E-state index in [1.54, 1.807) is 0 Å². The fraction of sp³-hybridized carbons (Fsp3) is 0. The second-order valence-corrected chi connectivity index (χ2v) is 10.8. The molecular formula is C39H24N2O2. The summed E-state index contributed by atoms with van der Waals surface area (Å²) in [5.74, 6) is 0.586. The summed E-state index contributed by atoms with van der Waals surface area (Å²) in [4.78, 5) is 7.43. The maximum atomic E-state index is 6.70. The van der Waals surface area contributed by atoms with Crippen molar-refractivity contribution in [3.05, 3.63) is 146 Å². The van der Waals surface area contributed by atoms with Crippen LogP contribution in [0.3, 0.4) is 0 Å². The quantitative estimate of drug-likeness (QED) is 0.204. The lowest BCUT2D eigenvalue weighted by Crippen LogP contribution is -2.11. The van der Waals surface area contributed by atoms with Crippen molar-refractivity contribution >= 4 is 71.6 Å². The van der Waals surface area contributed by atoms with Crippen LogP contribution in [0.4, 0.5) is 17.1 Å². The average molecular weight is 553 g/mol. The van der Waals surface area contributed by atoms with E-state index in [2.05, 4.69) is 126 Å². The van der Waals surface area contributed by atoms with Gasteiger partial charge in [0.15, 0.2) is 5.58 Å². The molecule has 43 heavy (non-hydrogen) atoms. The van der Waals surface area contributed by atoms with Crippen LogP contribution in [0.1, 0.15) is 0 Å². The van der Waals surface area contributed by atoms with E-state index < -0.39 is 0 Å². The predicted octanol–water partition coefficient (Wildman–Crippen LogP) is 11.2. The normalized spacial score (nSPS) is 11.7. The average Bonchev–Trinajstić information content (AvgIpc) is 3.68. The number of furan rings is 1. The molecule has 202 valence electrons. The van der Waals surface area contributed by atoms with Gasteiger partial charge < -0.3 is 13.7 Å². The van der Waals surface area contributed by atoms with Gasteiger partial charge in [0.05, 0.1) is 11.3 Å². The molecule has 0 aliphatic heterocycles. The summed E-state index contributed by atoms with van der Waals surface area (Å²) in [7, 11) is 0. The van der Waals surface area contributed by atoms with Crippen molar-refractivity contribution in [3.8, 4) is 11.5 Å². The molecule has 0 saturated heterocycles. The Balaban J connectivity index is 1.30. The molecule has 2 aromatic heterocycles. The lowest BCUT2D eigenvalue weighted by Gasteiger charge is -2.27. The lowest BCUT2D eigenvalue weighted by molar-refractivity contribution is 0.623. The predicted molar refractivity (Wildman–Crippen MR) is 176 cm³/mol. The molecule has 0 atom stereocenters. The molecular weight excluding hydrogens is 528 g/mol. The summed E-state index contributed by atoms with van der Waals surface area (Å²) in [5, 5.41) is 6.65. The van der Waals surface area contributed by atoms with Crippen LogP contribution in [-0.4, -0.2) is 4.98 Å². The zero-order valence-corrected chi connectivity index (χ0v) is 23.1. The Bertz CT molecular complexity index is 2400. The second kappa shape index (κ2) is 9.33. The van der Waals surface area contributed by atoms with Crippen LogP contribution >= 0.6 is 0 Å². The van der Waals surface area contributed by atoms with Crippen LogP contribution in [0.15, 0.2) is 154 Å². The number of benzene rings is 7. The molecule has 7 aromatic carbocycles. The van der Waals surface area contributed by atoms with Crippen LogP contribution in [0.2, 0.25) is 0 Å². The first-order chi connectivity index (χ1) is 21.3. The Morgan fingerprint density at radius 1 is 0.442 bits per heavy atom. The van der Waals surface area contributed by atoms with Crippen molar-refractivity contribution in [2.45, 2.75) is 0 Å². The minimum atomic E-state index is 0.586. The molecule has 9 aromatic rings. The maximum absolute atomic E-state index is 6.70. The summed E-state index contributed by atoms with van der Waals surface area (Å²) >= 11 is 0. The third-order valence-electron chi connectivity index (χ3n) is 8.28. The molecule has 0 spiro atoms. The standard InChI is InChI=1S/C39H24N2O2/c1-2-12-25(13-3-1)41(26-22-23-36-33(24-26)29-16-9-11-21-35(29)42-36)34-20-10-8-19-32(34)39-40-37-30-17-6-4-14-27(30)28-15-5-7-18-31(28)38(37)43-39/h1-24H. The van der Waals surface area contributed by atoms with Crippen molar-refractivity contribution in [2.24, 2.45) is 0 Å². The molecule has 0 bridgehead atoms. The van der Waals surface area contributed by atoms with E-state index in [1.807, 2.05) is 24.3 Å². The molecule has 0 saturated carbocycles. The van der Waals surface area contributed by atoms with Gasteiger partial charge in [0.2, 0.25) is 5.89 Å². The number of hydrogen-bond acceptors (Lipinski definition) is 4. The largest absolute Gasteiger partial charge is 0.456 e. The zero-order valence-electron chi connectivity index (χ0n) is 23.1. The van der Waals surface area contributed by atoms with Gasteiger partial charge in [-0.2, -0.15) is 0 Å². The van der Waals surface area contributed by atoms with Gasteiger partial charge in [0.1, 0.15) is 16.7 Å². The van der Waals surface area contributed by atoms with Gasteiger partial charge in [-0.05, 0) is 59.3 Å². The molecule has 4 heteroatoms. The van der Waals surface area contributed by atoms with Gasteiger partial charge in [-0.3, -0.25) is 0 Å². The second-order valence-electron chi connectivity index (χ2n) is 10.8. The lowest BCUT2D eigenvalue weighted by atomic mass is 10.0. The van der Waals surface area contributed by atoms with Gasteiger partial charge in [0.25, 0.3) is 0 Å². The maximum Gasteiger partial charge on any atom is 0.229 e. The monoisotopic (exact) mass is 552 g/mol. The first-order valence-corrected chi connectivity index (χ1v) is 14.4. The number of anilines is 3. The highest BCUT2D eigenvalue weighted by molar-refractivity contribution is 6.23. The van der Waals surface area contributed by atoms with Crippen molar-refractivity contribution in [1.82, 2.24) is 4.98 Å². The molecule has 0 fully saturated rings. The molecule has 4 nitrogen and oxygen atoms in total. The highest BCUT2D eigenvalue weighted by Gasteiger charge is 2.22. The van der Waals surface area contributed by atoms with Crippen molar-refractivity contribution in [2.75, 3.05) is 4.90 Å². The molecule has 0 unspecified atom stereocenters. The summed E-state index contributed by atoms with van der Waals surface area (Å²) in [6.07, 6.45) is 0. The Labute approximate surface area is 247 Å². The van der Waals surface area contributed by atoms with Crippen LogP contribution < -0.4 is 4.90 Å². The molecule has 9 rings (SSSR count). The van der Waals surface area contributed by atoms with E-state index in [0.29, 0.717) is 5.89 Å². The van der Waals surface area contributed by atoms with E-state index in [1.165, 1.54) is 5.39 Å². The highest BCUT2D eigenvalue weighted by atomic mass is 16.3. The number of hydrogen-bond donors (Lipinski definition) is 0. The number of fused-ring (bicyclic) bond motifs is 9. The van der Waals surface area contributed by atoms with E-state index in [-0.39, 0.29) is 0 Å². The van der Waals surface area contributed by atoms with Gasteiger partial charge in [-0.25, -0.2) is 4.98 Å². The van der Waals surface area contributed by atoms with E-state index in [0.717, 1.165) is 71.8 Å². The van der Waals surface area contributed by atoms with Crippen molar-refractivity contribution in [3.63, 3.8) is 0 Å². The van der Waals surface area contributed by atoms with Crippen LogP contribution in [0, 0.1) is 0 Å². The fourth-order valence-electron chi connectivity index (χ4n) is 6.35. The third-order valence-corrected chi connectivity index (χ3v) is 8.28. The van der Waals surface area contributed by atoms with Gasteiger partial charge in [0, 0.05) is 32.9 Å². The van der Waals surface area contributed by atoms with E-state index in [4.69, 9.17) is 13.8 Å². The molecule has 2 heterocycles. The fourth-order valence-corrected chi connectivity index (χ4v) is 6.35. The Morgan fingerprint density at radius 3 is 1.91 bits per heavy atom. The number of aromatic nitrogens is 1. The minimum absolute atomic E-state index is 0.586. The van der Waals surface area contributed by atoms with Crippen molar-refractivity contribution < 1.29 is 8.83 Å². The Kier molecular flexibility index (Phi) is 5.16. The summed E-state index contributed by atoms with van der Waals surface area (Å²) in [6, 6.07) is 50.1. The first-order valence-electron chi connectivity index (χ1n) is 14.4. The summed E-state index contributed by atoms with van der Waals surface area (Å²) < 4.78 is 12.9. The van der Waals surface area contributed by atoms with Gasteiger partial charge >= 0.3 is 0 Å². The summed E-state index contributed by atoms with van der Waals surface area (Å²) in [5.41, 5.74) is 7.36. The molecule has 0 aliphatic carbocycles. The van der Waals surface area contributed by atoms with E-state index >= 15 is 0 Å². The van der Waals surface area contributed by atoms with Gasteiger partial charge in [-0.1, -0.05) is 97.1 Å². The number of nitrogens with zero attached hydrogens (tertiary/aromatic N) is 2. The Hall–Kier alpha value is -5.87. The van der Waals surface area contributed by atoms with Crippen molar-refractivity contribution in [1.29, 1.82) is 0 Å². The number of oxazole rings is 1. The van der Waals surface area contributed by atoms with Crippen LogP contribution in [0.5, 0.6) is 0 Å². The first kappa shape index (κ1) is 23.8. The molecule has 0 radical (unpaired) electrons. The SMILES string of the molecule is c1ccc(N(c2ccc3oc4ccccc4c3c2)c2ccccc2-c2nc3c4ccccc4c4ccccc4c3o2)cc1. The number of rotatable bonds is 4.